The Kier molecular flexibility index (Phi) is 4.86. The third kappa shape index (κ3) is 2.91. The quantitative estimate of drug-likeness (QED) is 0.665. The normalized spacial score (nSPS) is 47.5. The van der Waals surface area contributed by atoms with E-state index in [1.807, 2.05) is 0 Å². The van der Waals surface area contributed by atoms with Gasteiger partial charge in [-0.1, -0.05) is 13.8 Å². The molecule has 4 fully saturated rings. The number of esters is 2. The molecule has 0 aromatic rings. The van der Waals surface area contributed by atoms with Crippen molar-refractivity contribution in [2.45, 2.75) is 91.3 Å². The lowest BCUT2D eigenvalue weighted by Crippen LogP contribution is -2.59. The standard InChI is InChI=1S/C23H34O5/c1-13(24)27-19-10-12-22(3)17-9-11-23(4)16(7-8-20(23)26)15(17)5-6-18(22)21(19)28-14(2)25/h15-19,21H,5-12H2,1-4H3/t15-,16-,17-,18+,19+,21+,22+,23-/m0/s1. The summed E-state index contributed by atoms with van der Waals surface area (Å²) in [7, 11) is 0. The van der Waals surface area contributed by atoms with E-state index < -0.39 is 0 Å². The molecule has 28 heavy (non-hydrogen) atoms. The first-order chi connectivity index (χ1) is 13.2. The Morgan fingerprint density at radius 2 is 1.57 bits per heavy atom. The van der Waals surface area contributed by atoms with Crippen molar-refractivity contribution in [2.24, 2.45) is 34.5 Å². The second kappa shape index (κ2) is 6.84. The molecule has 5 heteroatoms. The van der Waals surface area contributed by atoms with Gasteiger partial charge >= 0.3 is 11.9 Å². The molecule has 5 nitrogen and oxygen atoms in total. The van der Waals surface area contributed by atoms with Gasteiger partial charge in [0, 0.05) is 31.6 Å². The molecule has 0 heterocycles. The maximum Gasteiger partial charge on any atom is 0.303 e. The average Bonchev–Trinajstić information content (AvgIpc) is 2.91. The van der Waals surface area contributed by atoms with Gasteiger partial charge in [-0.15, -0.1) is 0 Å². The van der Waals surface area contributed by atoms with Crippen molar-refractivity contribution in [3.05, 3.63) is 0 Å². The van der Waals surface area contributed by atoms with Crippen LogP contribution in [-0.4, -0.2) is 29.9 Å². The molecule has 0 saturated heterocycles. The molecule has 0 spiro atoms. The second-order valence-corrected chi connectivity index (χ2v) is 10.2. The molecule has 4 aliphatic carbocycles. The first kappa shape index (κ1) is 19.9. The zero-order chi connectivity index (χ0) is 20.3. The van der Waals surface area contributed by atoms with E-state index in [2.05, 4.69) is 13.8 Å². The molecule has 0 N–H and O–H groups in total. The largest absolute Gasteiger partial charge is 0.459 e. The van der Waals surface area contributed by atoms with Crippen molar-refractivity contribution in [2.75, 3.05) is 0 Å². The first-order valence-corrected chi connectivity index (χ1v) is 11.0. The highest BCUT2D eigenvalue weighted by Crippen LogP contribution is 2.65. The SMILES string of the molecule is CC(=O)O[C@@H]1[C@H]2CC[C@@H]3[C@H](CC[C@]4(C)C(=O)CC[C@@H]34)[C@@]2(C)CC[C@H]1OC(C)=O. The Balaban J connectivity index is 1.62. The molecular formula is C23H34O5. The van der Waals surface area contributed by atoms with Crippen molar-refractivity contribution >= 4 is 17.7 Å². The predicted molar refractivity (Wildman–Crippen MR) is 103 cm³/mol. The lowest BCUT2D eigenvalue weighted by molar-refractivity contribution is -0.204. The average molecular weight is 391 g/mol. The van der Waals surface area contributed by atoms with Gasteiger partial charge in [0.2, 0.25) is 0 Å². The minimum atomic E-state index is -0.348. The van der Waals surface area contributed by atoms with Gasteiger partial charge in [0.05, 0.1) is 0 Å². The van der Waals surface area contributed by atoms with Crippen LogP contribution in [0.3, 0.4) is 0 Å². The topological polar surface area (TPSA) is 69.7 Å². The van der Waals surface area contributed by atoms with Gasteiger partial charge in [0.15, 0.2) is 0 Å². The van der Waals surface area contributed by atoms with Crippen LogP contribution in [0.5, 0.6) is 0 Å². The van der Waals surface area contributed by atoms with E-state index in [4.69, 9.17) is 9.47 Å². The number of carbonyl (C=O) groups is 3. The minimum absolute atomic E-state index is 0.0760. The monoisotopic (exact) mass is 390 g/mol. The minimum Gasteiger partial charge on any atom is -0.459 e. The fourth-order valence-corrected chi connectivity index (χ4v) is 7.73. The molecule has 4 saturated carbocycles. The van der Waals surface area contributed by atoms with Crippen LogP contribution >= 0.6 is 0 Å². The molecular weight excluding hydrogens is 356 g/mol. The van der Waals surface area contributed by atoms with Gasteiger partial charge in [0.25, 0.3) is 0 Å². The van der Waals surface area contributed by atoms with E-state index in [0.29, 0.717) is 23.5 Å². The van der Waals surface area contributed by atoms with Crippen molar-refractivity contribution in [1.82, 2.24) is 0 Å². The fraction of sp³-hybridized carbons (Fsp3) is 0.870. The van der Waals surface area contributed by atoms with Crippen LogP contribution in [0.25, 0.3) is 0 Å². The maximum atomic E-state index is 12.6. The molecule has 0 unspecified atom stereocenters. The van der Waals surface area contributed by atoms with E-state index >= 15 is 0 Å². The summed E-state index contributed by atoms with van der Waals surface area (Å²) in [5.74, 6) is 1.75. The smallest absolute Gasteiger partial charge is 0.303 e. The number of ketones is 1. The summed E-state index contributed by atoms with van der Waals surface area (Å²) < 4.78 is 11.3. The summed E-state index contributed by atoms with van der Waals surface area (Å²) in [5.41, 5.74) is -0.0404. The van der Waals surface area contributed by atoms with Crippen molar-refractivity contribution < 1.29 is 23.9 Å². The van der Waals surface area contributed by atoms with Crippen molar-refractivity contribution in [3.63, 3.8) is 0 Å². The fourth-order valence-electron chi connectivity index (χ4n) is 7.73. The number of fused-ring (bicyclic) bond motifs is 5. The van der Waals surface area contributed by atoms with Crippen LogP contribution in [0, 0.1) is 34.5 Å². The summed E-state index contributed by atoms with van der Waals surface area (Å²) in [4.78, 5) is 36.0. The third-order valence-electron chi connectivity index (χ3n) is 9.00. The molecule has 0 aliphatic heterocycles. The highest BCUT2D eigenvalue weighted by molar-refractivity contribution is 5.87. The summed E-state index contributed by atoms with van der Waals surface area (Å²) in [5, 5.41) is 0. The van der Waals surface area contributed by atoms with Gasteiger partial charge in [-0.3, -0.25) is 14.4 Å². The Bertz CT molecular complexity index is 686. The Morgan fingerprint density at radius 3 is 2.25 bits per heavy atom. The third-order valence-corrected chi connectivity index (χ3v) is 9.00. The number of carbonyl (C=O) groups excluding carboxylic acids is 3. The molecule has 8 atom stereocenters. The van der Waals surface area contributed by atoms with Crippen LogP contribution in [0.1, 0.15) is 79.1 Å². The van der Waals surface area contributed by atoms with Crippen molar-refractivity contribution in [3.8, 4) is 0 Å². The van der Waals surface area contributed by atoms with Crippen LogP contribution < -0.4 is 0 Å². The maximum absolute atomic E-state index is 12.6. The van der Waals surface area contributed by atoms with E-state index in [9.17, 15) is 14.4 Å². The van der Waals surface area contributed by atoms with E-state index in [1.165, 1.54) is 13.8 Å². The van der Waals surface area contributed by atoms with Gasteiger partial charge in [-0.25, -0.2) is 0 Å². The lowest BCUT2D eigenvalue weighted by atomic mass is 9.44. The number of hydrogen-bond acceptors (Lipinski definition) is 5. The highest BCUT2D eigenvalue weighted by Gasteiger charge is 2.62. The summed E-state index contributed by atoms with van der Waals surface area (Å²) in [6.45, 7) is 7.44. The molecule has 4 aliphatic rings. The number of Topliss-reactive ketones (excluding diaryl/α,β-unsaturated/α-hetero) is 1. The molecule has 0 bridgehead atoms. The summed E-state index contributed by atoms with van der Waals surface area (Å²) >= 11 is 0. The van der Waals surface area contributed by atoms with Gasteiger partial charge < -0.3 is 9.47 Å². The van der Waals surface area contributed by atoms with E-state index in [1.54, 1.807) is 0 Å². The Hall–Kier alpha value is -1.39. The second-order valence-electron chi connectivity index (χ2n) is 10.2. The molecule has 0 aromatic carbocycles. The number of ether oxygens (including phenoxy) is 2. The Morgan fingerprint density at radius 1 is 0.857 bits per heavy atom. The zero-order valence-electron chi connectivity index (χ0n) is 17.7. The van der Waals surface area contributed by atoms with Crippen LogP contribution in [0.2, 0.25) is 0 Å². The lowest BCUT2D eigenvalue weighted by Gasteiger charge is -2.61. The van der Waals surface area contributed by atoms with Gasteiger partial charge in [-0.05, 0) is 68.1 Å². The zero-order valence-corrected chi connectivity index (χ0v) is 17.7. The molecule has 0 amide bonds. The molecule has 0 radical (unpaired) electrons. The summed E-state index contributed by atoms with van der Waals surface area (Å²) in [6, 6.07) is 0. The van der Waals surface area contributed by atoms with E-state index in [-0.39, 0.29) is 40.9 Å². The molecule has 0 aromatic heterocycles. The molecule has 4 rings (SSSR count). The number of rotatable bonds is 2. The Labute approximate surface area is 167 Å². The number of hydrogen-bond donors (Lipinski definition) is 0. The first-order valence-electron chi connectivity index (χ1n) is 11.0. The van der Waals surface area contributed by atoms with Gasteiger partial charge in [0.1, 0.15) is 18.0 Å². The van der Waals surface area contributed by atoms with Crippen LogP contribution in [-0.2, 0) is 23.9 Å². The molecule has 156 valence electrons. The highest BCUT2D eigenvalue weighted by atomic mass is 16.6. The van der Waals surface area contributed by atoms with Crippen LogP contribution in [0.15, 0.2) is 0 Å². The van der Waals surface area contributed by atoms with Crippen LogP contribution in [0.4, 0.5) is 0 Å². The summed E-state index contributed by atoms with van der Waals surface area (Å²) in [6.07, 6.45) is 6.98. The van der Waals surface area contributed by atoms with Crippen molar-refractivity contribution in [1.29, 1.82) is 0 Å². The van der Waals surface area contributed by atoms with Gasteiger partial charge in [-0.2, -0.15) is 0 Å². The van der Waals surface area contributed by atoms with E-state index in [0.717, 1.165) is 51.4 Å². The predicted octanol–water partition coefficient (Wildman–Crippen LogP) is 4.07.